The molecular weight excluding hydrogens is 469 g/mol. The first kappa shape index (κ1) is 25.5. The molecule has 0 radical (unpaired) electrons. The van der Waals surface area contributed by atoms with E-state index in [0.717, 1.165) is 31.3 Å². The smallest absolute Gasteiger partial charge is 0.243 e. The lowest BCUT2D eigenvalue weighted by atomic mass is 9.93. The zero-order valence-corrected chi connectivity index (χ0v) is 20.8. The Labute approximate surface area is 210 Å². The van der Waals surface area contributed by atoms with Crippen molar-refractivity contribution in [2.24, 2.45) is 5.92 Å². The molecule has 1 N–H and O–H groups in total. The number of carbonyl (C=O) groups is 2. The first-order valence-electron chi connectivity index (χ1n) is 12.1. The fourth-order valence-electron chi connectivity index (χ4n) is 4.48. The van der Waals surface area contributed by atoms with Crippen molar-refractivity contribution in [2.45, 2.75) is 56.4 Å². The lowest BCUT2D eigenvalue weighted by molar-refractivity contribution is -0.131. The number of nitrogens with one attached hydrogen (secondary N) is 1. The van der Waals surface area contributed by atoms with Crippen LogP contribution in [0.1, 0.15) is 55.8 Å². The Morgan fingerprint density at radius 2 is 2.09 bits per heavy atom. The molecule has 2 aromatic rings. The predicted molar refractivity (Wildman–Crippen MR) is 133 cm³/mol. The van der Waals surface area contributed by atoms with Crippen molar-refractivity contribution in [3.05, 3.63) is 53.1 Å². The molecule has 8 nitrogen and oxygen atoms in total. The largest absolute Gasteiger partial charge is 0.297 e. The van der Waals surface area contributed by atoms with E-state index in [9.17, 15) is 14.0 Å². The highest BCUT2D eigenvalue weighted by atomic mass is 32.1. The number of hydrogen-bond donors (Lipinski definition) is 2. The number of hydrogen-bond acceptors (Lipinski definition) is 7. The topological polar surface area (TPSA) is 89.4 Å². The van der Waals surface area contributed by atoms with Crippen LogP contribution in [0.3, 0.4) is 0 Å². The zero-order valence-electron chi connectivity index (χ0n) is 19.9. The van der Waals surface area contributed by atoms with E-state index in [2.05, 4.69) is 25.5 Å². The van der Waals surface area contributed by atoms with Crippen LogP contribution in [0.25, 0.3) is 6.08 Å². The molecule has 35 heavy (non-hydrogen) atoms. The molecule has 0 spiro atoms. The monoisotopic (exact) mass is 501 g/mol. The number of rotatable bonds is 11. The lowest BCUT2D eigenvalue weighted by Gasteiger charge is -2.37. The molecular formula is C25H32FN5O3S. The van der Waals surface area contributed by atoms with Crippen LogP contribution >= 0.6 is 12.6 Å². The Kier molecular flexibility index (Phi) is 8.69. The molecule has 1 amide bonds. The minimum Gasteiger partial charge on any atom is -0.297 e. The number of carbonyl (C=O) groups excluding carboxylic acids is 2. The van der Waals surface area contributed by atoms with Gasteiger partial charge in [0.2, 0.25) is 5.91 Å². The number of halogens is 1. The van der Waals surface area contributed by atoms with E-state index in [4.69, 9.17) is 12.6 Å². The van der Waals surface area contributed by atoms with Crippen molar-refractivity contribution in [1.82, 2.24) is 25.4 Å². The van der Waals surface area contributed by atoms with Gasteiger partial charge in [-0.15, -0.1) is 5.10 Å². The molecule has 2 unspecified atom stereocenters. The average Bonchev–Trinajstić information content (AvgIpc) is 3.60. The number of unbranched alkanes of at least 4 members (excludes halogenated alkanes) is 1. The number of likely N-dealkylation sites (tertiary alicyclic amines) is 1. The number of hydroxylamine groups is 1. The second kappa shape index (κ2) is 11.9. The number of ketones is 1. The summed E-state index contributed by atoms with van der Waals surface area (Å²) in [4.78, 5) is 31.3. The Morgan fingerprint density at radius 1 is 1.29 bits per heavy atom. The minimum absolute atomic E-state index is 0.0289. The van der Waals surface area contributed by atoms with Crippen LogP contribution in [-0.2, 0) is 21.0 Å². The van der Waals surface area contributed by atoms with Gasteiger partial charge in [-0.2, -0.15) is 12.6 Å². The summed E-state index contributed by atoms with van der Waals surface area (Å²) < 4.78 is 16.5. The summed E-state index contributed by atoms with van der Waals surface area (Å²) in [5, 5.41) is 8.48. The third-order valence-electron chi connectivity index (χ3n) is 6.46. The second-order valence-electron chi connectivity index (χ2n) is 9.19. The average molecular weight is 502 g/mol. The van der Waals surface area contributed by atoms with Crippen LogP contribution in [0.15, 0.2) is 36.0 Å². The molecule has 1 aliphatic carbocycles. The SMILES string of the molecule is CONC(=O)CCCCn1cc(C=C2CN(C(C(=O)C3CC3)c3ccccc3F)CCC2S)nn1. The van der Waals surface area contributed by atoms with E-state index < -0.39 is 6.04 Å². The molecule has 1 saturated heterocycles. The summed E-state index contributed by atoms with van der Waals surface area (Å²) in [7, 11) is 1.41. The summed E-state index contributed by atoms with van der Waals surface area (Å²) in [6.45, 7) is 1.84. The zero-order chi connectivity index (χ0) is 24.8. The number of nitrogens with zero attached hydrogens (tertiary/aromatic N) is 4. The van der Waals surface area contributed by atoms with Crippen molar-refractivity contribution in [3.8, 4) is 0 Å². The van der Waals surface area contributed by atoms with Crippen molar-refractivity contribution >= 4 is 30.4 Å². The van der Waals surface area contributed by atoms with Crippen molar-refractivity contribution in [2.75, 3.05) is 20.2 Å². The number of piperidine rings is 1. The summed E-state index contributed by atoms with van der Waals surface area (Å²) >= 11 is 4.76. The molecule has 1 saturated carbocycles. The maximum atomic E-state index is 14.7. The molecule has 1 aliphatic heterocycles. The summed E-state index contributed by atoms with van der Waals surface area (Å²) in [6, 6.07) is 6.00. The van der Waals surface area contributed by atoms with Crippen molar-refractivity contribution in [1.29, 1.82) is 0 Å². The molecule has 10 heteroatoms. The summed E-state index contributed by atoms with van der Waals surface area (Å²) in [5.41, 5.74) is 4.51. The van der Waals surface area contributed by atoms with Gasteiger partial charge in [0.25, 0.3) is 0 Å². The fourth-order valence-corrected chi connectivity index (χ4v) is 4.75. The first-order chi connectivity index (χ1) is 17.0. The van der Waals surface area contributed by atoms with Gasteiger partial charge in [0.15, 0.2) is 5.78 Å². The van der Waals surface area contributed by atoms with Gasteiger partial charge >= 0.3 is 0 Å². The van der Waals surface area contributed by atoms with E-state index in [1.807, 2.05) is 12.3 Å². The minimum atomic E-state index is -0.584. The van der Waals surface area contributed by atoms with Crippen molar-refractivity contribution in [3.63, 3.8) is 0 Å². The fraction of sp³-hybridized carbons (Fsp3) is 0.520. The highest BCUT2D eigenvalue weighted by Crippen LogP contribution is 2.39. The highest BCUT2D eigenvalue weighted by molar-refractivity contribution is 7.81. The Morgan fingerprint density at radius 3 is 2.83 bits per heavy atom. The summed E-state index contributed by atoms with van der Waals surface area (Å²) in [5.74, 6) is -0.349. The Hall–Kier alpha value is -2.56. The van der Waals surface area contributed by atoms with Crippen LogP contribution < -0.4 is 5.48 Å². The lowest BCUT2D eigenvalue weighted by Crippen LogP contribution is -2.42. The van der Waals surface area contributed by atoms with Crippen LogP contribution in [-0.4, -0.2) is 57.0 Å². The van der Waals surface area contributed by atoms with E-state index in [1.54, 1.807) is 22.9 Å². The van der Waals surface area contributed by atoms with Crippen LogP contribution in [0.5, 0.6) is 0 Å². The molecule has 1 aromatic carbocycles. The number of benzene rings is 1. The van der Waals surface area contributed by atoms with Crippen LogP contribution in [0, 0.1) is 11.7 Å². The van der Waals surface area contributed by atoms with Gasteiger partial charge in [-0.3, -0.25) is 24.0 Å². The first-order valence-corrected chi connectivity index (χ1v) is 12.6. The van der Waals surface area contributed by atoms with Gasteiger partial charge in [-0.05, 0) is 49.8 Å². The van der Waals surface area contributed by atoms with E-state index >= 15 is 0 Å². The summed E-state index contributed by atoms with van der Waals surface area (Å²) in [6.07, 6.45) is 8.25. The number of Topliss-reactive ketones (excluding diaryl/α,β-unsaturated/α-hetero) is 1. The second-order valence-corrected chi connectivity index (χ2v) is 9.81. The van der Waals surface area contributed by atoms with E-state index in [0.29, 0.717) is 43.7 Å². The number of aryl methyl sites for hydroxylation is 1. The third-order valence-corrected chi connectivity index (χ3v) is 7.05. The maximum absolute atomic E-state index is 14.7. The van der Waals surface area contributed by atoms with Gasteiger partial charge in [0, 0.05) is 42.8 Å². The molecule has 0 bridgehead atoms. The van der Waals surface area contributed by atoms with Crippen LogP contribution in [0.2, 0.25) is 0 Å². The predicted octanol–water partition coefficient (Wildman–Crippen LogP) is 3.37. The van der Waals surface area contributed by atoms with Gasteiger partial charge in [-0.1, -0.05) is 23.4 Å². The standard InChI is InChI=1S/C25H32FN5O3S/c1-34-28-23(32)8-4-5-12-31-16-19(27-29-31)14-18-15-30(13-11-22(18)35)24(25(33)17-9-10-17)20-6-2-3-7-21(20)26/h2-3,6-7,14,16-17,22,24,35H,4-5,8-13,15H2,1H3,(H,28,32). The normalized spacial score (nSPS) is 20.7. The van der Waals surface area contributed by atoms with Gasteiger partial charge in [0.05, 0.1) is 19.3 Å². The number of thiol groups is 1. The third kappa shape index (κ3) is 6.77. The van der Waals surface area contributed by atoms with Crippen molar-refractivity contribution < 1.29 is 18.8 Å². The molecule has 1 aromatic heterocycles. The van der Waals surface area contributed by atoms with Gasteiger partial charge < -0.3 is 0 Å². The number of amides is 1. The maximum Gasteiger partial charge on any atom is 0.243 e. The van der Waals surface area contributed by atoms with E-state index in [-0.39, 0.29) is 28.7 Å². The Balaban J connectivity index is 1.43. The molecule has 4 rings (SSSR count). The molecule has 2 fully saturated rings. The molecule has 2 heterocycles. The van der Waals surface area contributed by atoms with Crippen LogP contribution in [0.4, 0.5) is 4.39 Å². The molecule has 188 valence electrons. The molecule has 2 aliphatic rings. The van der Waals surface area contributed by atoms with Gasteiger partial charge in [-0.25, -0.2) is 9.87 Å². The van der Waals surface area contributed by atoms with E-state index in [1.165, 1.54) is 13.2 Å². The molecule has 2 atom stereocenters. The van der Waals surface area contributed by atoms with Gasteiger partial charge in [0.1, 0.15) is 11.5 Å². The quantitative estimate of drug-likeness (QED) is 0.279. The Bertz CT molecular complexity index is 1070. The highest BCUT2D eigenvalue weighted by Gasteiger charge is 2.40. The number of aromatic nitrogens is 3.